The van der Waals surface area contributed by atoms with Crippen LogP contribution in [0.15, 0.2) is 41.3 Å². The lowest BCUT2D eigenvalue weighted by Crippen LogP contribution is -2.37. The molecule has 3 rings (SSSR count). The number of thiazole rings is 1. The van der Waals surface area contributed by atoms with Gasteiger partial charge in [0.2, 0.25) is 0 Å². The van der Waals surface area contributed by atoms with Crippen LogP contribution in [0.2, 0.25) is 0 Å². The van der Waals surface area contributed by atoms with E-state index in [-0.39, 0.29) is 41.6 Å². The summed E-state index contributed by atoms with van der Waals surface area (Å²) in [5, 5.41) is 0.00321. The van der Waals surface area contributed by atoms with Crippen LogP contribution in [-0.4, -0.2) is 57.6 Å². The highest BCUT2D eigenvalue weighted by Gasteiger charge is 2.38. The second-order valence-electron chi connectivity index (χ2n) is 7.95. The van der Waals surface area contributed by atoms with Gasteiger partial charge in [0.1, 0.15) is 0 Å². The zero-order valence-corrected chi connectivity index (χ0v) is 21.4. The highest BCUT2D eigenvalue weighted by Crippen LogP contribution is 2.37. The van der Waals surface area contributed by atoms with Crippen molar-refractivity contribution in [2.45, 2.75) is 17.2 Å². The lowest BCUT2D eigenvalue weighted by atomic mass is 10.0. The fourth-order valence-corrected chi connectivity index (χ4v) is 4.81. The number of carbonyl (C=O) groups is 1. The quantitative estimate of drug-likeness (QED) is 0.370. The molecule has 36 heavy (non-hydrogen) atoms. The molecule has 1 heterocycles. The Morgan fingerprint density at radius 1 is 0.944 bits per heavy atom. The maximum absolute atomic E-state index is 13.3. The van der Waals surface area contributed by atoms with Gasteiger partial charge in [0.05, 0.1) is 26.2 Å². The Hall–Kier alpha value is -2.42. The average molecular weight is 576 g/mol. The molecule has 0 N–H and O–H groups in total. The maximum Gasteiger partial charge on any atom is 0.416 e. The number of anilines is 1. The zero-order valence-electron chi connectivity index (χ0n) is 18.9. The second-order valence-corrected chi connectivity index (χ2v) is 11.0. The molecule has 0 aliphatic rings. The van der Waals surface area contributed by atoms with Crippen LogP contribution < -0.4 is 4.90 Å². The van der Waals surface area contributed by atoms with Crippen molar-refractivity contribution in [2.24, 2.45) is 0 Å². The van der Waals surface area contributed by atoms with Crippen LogP contribution >= 0.6 is 23.7 Å². The monoisotopic (exact) mass is 575 g/mol. The SMILES string of the molecule is CN(C)CCN(C(=O)c1cc(C(F)(F)F)cc(C(F)(F)F)c1)c1nc2ccc(S(C)(=O)=O)cc2s1.Cl. The first-order chi connectivity index (χ1) is 16.0. The van der Waals surface area contributed by atoms with E-state index in [1.165, 1.54) is 18.2 Å². The van der Waals surface area contributed by atoms with Gasteiger partial charge in [-0.1, -0.05) is 11.3 Å². The van der Waals surface area contributed by atoms with Crippen molar-refractivity contribution >= 4 is 54.8 Å². The van der Waals surface area contributed by atoms with Gasteiger partial charge in [-0.25, -0.2) is 13.4 Å². The van der Waals surface area contributed by atoms with Gasteiger partial charge in [-0.3, -0.25) is 9.69 Å². The normalized spacial score (nSPS) is 12.6. The molecule has 15 heteroatoms. The van der Waals surface area contributed by atoms with Crippen molar-refractivity contribution in [3.8, 4) is 0 Å². The minimum absolute atomic E-state index is 0. The molecule has 0 saturated carbocycles. The Kier molecular flexibility index (Phi) is 8.71. The number of aromatic nitrogens is 1. The van der Waals surface area contributed by atoms with Gasteiger partial charge in [0.15, 0.2) is 15.0 Å². The van der Waals surface area contributed by atoms with Crippen LogP contribution in [0.3, 0.4) is 0 Å². The number of carbonyl (C=O) groups excluding carboxylic acids is 1. The summed E-state index contributed by atoms with van der Waals surface area (Å²) < 4.78 is 104. The van der Waals surface area contributed by atoms with Gasteiger partial charge in [0, 0.05) is 24.9 Å². The minimum Gasteiger partial charge on any atom is -0.308 e. The third-order valence-electron chi connectivity index (χ3n) is 4.86. The maximum atomic E-state index is 13.3. The van der Waals surface area contributed by atoms with Crippen molar-refractivity contribution < 1.29 is 39.6 Å². The van der Waals surface area contributed by atoms with Crippen LogP contribution in [0.25, 0.3) is 10.2 Å². The summed E-state index contributed by atoms with van der Waals surface area (Å²) in [6.45, 7) is 0.129. The zero-order chi connectivity index (χ0) is 26.3. The number of alkyl halides is 6. The molecule has 6 nitrogen and oxygen atoms in total. The summed E-state index contributed by atoms with van der Waals surface area (Å²) >= 11 is 0.896. The number of sulfone groups is 1. The third-order valence-corrected chi connectivity index (χ3v) is 7.01. The molecule has 0 aliphatic carbocycles. The first-order valence-corrected chi connectivity index (χ1v) is 12.5. The van der Waals surface area contributed by atoms with Gasteiger partial charge < -0.3 is 4.90 Å². The molecule has 0 atom stereocenters. The molecule has 0 fully saturated rings. The van der Waals surface area contributed by atoms with E-state index in [0.717, 1.165) is 22.5 Å². The van der Waals surface area contributed by atoms with E-state index in [2.05, 4.69) is 4.98 Å². The largest absolute Gasteiger partial charge is 0.416 e. The lowest BCUT2D eigenvalue weighted by Gasteiger charge is -2.23. The average Bonchev–Trinajstić information content (AvgIpc) is 3.14. The Morgan fingerprint density at radius 3 is 1.97 bits per heavy atom. The molecule has 0 radical (unpaired) electrons. The molecule has 0 aliphatic heterocycles. The standard InChI is InChI=1S/C21H19F6N3O3S2.ClH/c1-29(2)6-7-30(19-28-16-5-4-15(35(3,32)33)11-17(16)34-19)18(31)12-8-13(20(22,23)24)10-14(9-12)21(25,26)27;/h4-5,8-11H,6-7H2,1-3H3;1H. The summed E-state index contributed by atoms with van der Waals surface area (Å²) in [6.07, 6.45) is -9.21. The van der Waals surface area contributed by atoms with Crippen molar-refractivity contribution in [2.75, 3.05) is 38.3 Å². The molecule has 0 bridgehead atoms. The summed E-state index contributed by atoms with van der Waals surface area (Å²) in [4.78, 5) is 20.2. The molecule has 1 aromatic heterocycles. The highest BCUT2D eigenvalue weighted by atomic mass is 35.5. The minimum atomic E-state index is -5.11. The Balaban J connectivity index is 0.00000456. The van der Waals surface area contributed by atoms with E-state index < -0.39 is 44.8 Å². The molecule has 3 aromatic rings. The molecule has 2 aromatic carbocycles. The second kappa shape index (κ2) is 10.5. The highest BCUT2D eigenvalue weighted by molar-refractivity contribution is 7.90. The lowest BCUT2D eigenvalue weighted by molar-refractivity contribution is -0.143. The Labute approximate surface area is 212 Å². The van der Waals surface area contributed by atoms with E-state index in [1.807, 2.05) is 0 Å². The number of halogens is 7. The molecular weight excluding hydrogens is 556 g/mol. The van der Waals surface area contributed by atoms with E-state index in [0.29, 0.717) is 22.3 Å². The van der Waals surface area contributed by atoms with Crippen LogP contribution in [0.4, 0.5) is 31.5 Å². The van der Waals surface area contributed by atoms with Crippen molar-refractivity contribution in [1.82, 2.24) is 9.88 Å². The first kappa shape index (κ1) is 29.8. The number of benzene rings is 2. The summed E-state index contributed by atoms with van der Waals surface area (Å²) in [7, 11) is -0.201. The van der Waals surface area contributed by atoms with Gasteiger partial charge in [-0.05, 0) is 50.5 Å². The van der Waals surface area contributed by atoms with Crippen LogP contribution in [0.5, 0.6) is 0 Å². The number of fused-ring (bicyclic) bond motifs is 1. The molecule has 0 spiro atoms. The number of hydrogen-bond acceptors (Lipinski definition) is 6. The molecular formula is C21H20ClF6N3O3S2. The number of hydrogen-bond donors (Lipinski definition) is 0. The summed E-state index contributed by atoms with van der Waals surface area (Å²) in [5.41, 5.74) is -3.70. The van der Waals surface area contributed by atoms with Crippen LogP contribution in [-0.2, 0) is 22.2 Å². The number of amides is 1. The van der Waals surface area contributed by atoms with E-state index in [9.17, 15) is 39.6 Å². The molecule has 0 saturated heterocycles. The van der Waals surface area contributed by atoms with Crippen LogP contribution in [0, 0.1) is 0 Å². The van der Waals surface area contributed by atoms with E-state index in [4.69, 9.17) is 0 Å². The van der Waals surface area contributed by atoms with Gasteiger partial charge >= 0.3 is 12.4 Å². The predicted molar refractivity (Wildman–Crippen MR) is 127 cm³/mol. The van der Waals surface area contributed by atoms with Gasteiger partial charge in [-0.2, -0.15) is 26.3 Å². The Bertz CT molecular complexity index is 1340. The number of likely N-dealkylation sites (N-methyl/N-ethyl adjacent to an activating group) is 1. The van der Waals surface area contributed by atoms with Gasteiger partial charge in [-0.15, -0.1) is 12.4 Å². The van der Waals surface area contributed by atoms with Gasteiger partial charge in [0.25, 0.3) is 5.91 Å². The molecule has 0 unspecified atom stereocenters. The number of nitrogens with zero attached hydrogens (tertiary/aromatic N) is 3. The van der Waals surface area contributed by atoms with E-state index >= 15 is 0 Å². The summed E-state index contributed by atoms with van der Waals surface area (Å²) in [5.74, 6) is -1.11. The van der Waals surface area contributed by atoms with Crippen molar-refractivity contribution in [3.05, 3.63) is 53.1 Å². The fraction of sp³-hybridized carbons (Fsp3) is 0.333. The third kappa shape index (κ3) is 6.87. The van der Waals surface area contributed by atoms with Crippen LogP contribution in [0.1, 0.15) is 21.5 Å². The Morgan fingerprint density at radius 2 is 1.50 bits per heavy atom. The first-order valence-electron chi connectivity index (χ1n) is 9.83. The molecule has 198 valence electrons. The topological polar surface area (TPSA) is 70.6 Å². The fourth-order valence-electron chi connectivity index (χ4n) is 3.06. The van der Waals surface area contributed by atoms with Crippen molar-refractivity contribution in [3.63, 3.8) is 0 Å². The van der Waals surface area contributed by atoms with Crippen molar-refractivity contribution in [1.29, 1.82) is 0 Å². The number of rotatable bonds is 6. The smallest absolute Gasteiger partial charge is 0.308 e. The van der Waals surface area contributed by atoms with E-state index in [1.54, 1.807) is 19.0 Å². The summed E-state index contributed by atoms with van der Waals surface area (Å²) in [6, 6.07) is 4.75. The molecule has 1 amide bonds. The predicted octanol–water partition coefficient (Wildman–Crippen LogP) is 5.37.